The van der Waals surface area contributed by atoms with Crippen molar-refractivity contribution in [3.63, 3.8) is 0 Å². The first kappa shape index (κ1) is 18.9. The first-order chi connectivity index (χ1) is 13.4. The van der Waals surface area contributed by atoms with E-state index in [0.29, 0.717) is 16.3 Å². The van der Waals surface area contributed by atoms with Crippen molar-refractivity contribution in [3.8, 4) is 16.3 Å². The van der Waals surface area contributed by atoms with Gasteiger partial charge in [-0.2, -0.15) is 5.10 Å². The van der Waals surface area contributed by atoms with E-state index in [9.17, 15) is 20.0 Å². The Kier molecular flexibility index (Phi) is 5.56. The van der Waals surface area contributed by atoms with Crippen molar-refractivity contribution in [1.82, 2.24) is 15.6 Å². The second-order valence-electron chi connectivity index (χ2n) is 5.53. The van der Waals surface area contributed by atoms with Crippen molar-refractivity contribution >= 4 is 33.9 Å². The summed E-state index contributed by atoms with van der Waals surface area (Å²) in [6, 6.07) is 11.7. The van der Waals surface area contributed by atoms with E-state index in [1.807, 2.05) is 0 Å². The quantitative estimate of drug-likeness (QED) is 0.342. The molecular formula is C17H14N6O4S. The Morgan fingerprint density at radius 1 is 1.14 bits per heavy atom. The number of nitro benzene ring substituents is 1. The largest absolute Gasteiger partial charge is 0.508 e. The standard InChI is InChI=1S/C17H14N6O4S/c1-10(11-2-6-13(7-3-11)23(26)27)19-21-16(25)18-17-22-20-15(28-17)12-4-8-14(24)9-5-12/h2-9,24H,1H3,(H2,18,21,22,25)/b19-10+. The lowest BCUT2D eigenvalue weighted by Crippen LogP contribution is -2.25. The Bertz CT molecular complexity index is 1030. The molecule has 0 aliphatic heterocycles. The van der Waals surface area contributed by atoms with Crippen molar-refractivity contribution in [3.05, 3.63) is 64.2 Å². The molecule has 0 fully saturated rings. The SMILES string of the molecule is C/C(=N\NC(=O)Nc1nnc(-c2ccc(O)cc2)s1)c1ccc([N+](=O)[O-])cc1. The minimum Gasteiger partial charge on any atom is -0.508 e. The van der Waals surface area contributed by atoms with Gasteiger partial charge >= 0.3 is 6.03 Å². The number of carbonyl (C=O) groups is 1. The zero-order valence-corrected chi connectivity index (χ0v) is 15.3. The summed E-state index contributed by atoms with van der Waals surface area (Å²) in [6.07, 6.45) is 0. The predicted molar refractivity (Wildman–Crippen MR) is 104 cm³/mol. The third-order valence-corrected chi connectivity index (χ3v) is 4.47. The molecule has 1 aromatic heterocycles. The molecule has 0 saturated carbocycles. The summed E-state index contributed by atoms with van der Waals surface area (Å²) in [5.41, 5.74) is 4.18. The molecule has 0 unspecified atom stereocenters. The van der Waals surface area contributed by atoms with Crippen LogP contribution in [-0.2, 0) is 0 Å². The van der Waals surface area contributed by atoms with Gasteiger partial charge in [-0.05, 0) is 48.9 Å². The highest BCUT2D eigenvalue weighted by atomic mass is 32.1. The van der Waals surface area contributed by atoms with Crippen molar-refractivity contribution in [2.75, 3.05) is 5.32 Å². The van der Waals surface area contributed by atoms with Crippen LogP contribution in [0.2, 0.25) is 0 Å². The Labute approximate surface area is 162 Å². The number of anilines is 1. The maximum Gasteiger partial charge on any atom is 0.341 e. The van der Waals surface area contributed by atoms with Gasteiger partial charge in [-0.25, -0.2) is 10.2 Å². The molecule has 0 aliphatic rings. The molecule has 1 heterocycles. The van der Waals surface area contributed by atoms with E-state index in [2.05, 4.69) is 26.0 Å². The molecule has 0 aliphatic carbocycles. The summed E-state index contributed by atoms with van der Waals surface area (Å²) in [7, 11) is 0. The number of hydrogen-bond acceptors (Lipinski definition) is 8. The lowest BCUT2D eigenvalue weighted by molar-refractivity contribution is -0.384. The number of nitrogens with one attached hydrogen (secondary N) is 2. The highest BCUT2D eigenvalue weighted by Gasteiger charge is 2.10. The summed E-state index contributed by atoms with van der Waals surface area (Å²) in [6.45, 7) is 1.66. The number of benzene rings is 2. The number of aromatic nitrogens is 2. The van der Waals surface area contributed by atoms with Crippen LogP contribution in [0.1, 0.15) is 12.5 Å². The van der Waals surface area contributed by atoms with Crippen LogP contribution in [0.4, 0.5) is 15.6 Å². The number of amides is 2. The van der Waals surface area contributed by atoms with Gasteiger partial charge < -0.3 is 5.11 Å². The lowest BCUT2D eigenvalue weighted by Gasteiger charge is -2.03. The molecule has 28 heavy (non-hydrogen) atoms. The summed E-state index contributed by atoms with van der Waals surface area (Å²) in [5, 5.41) is 35.2. The van der Waals surface area contributed by atoms with Gasteiger partial charge in [0.15, 0.2) is 0 Å². The van der Waals surface area contributed by atoms with Crippen LogP contribution >= 0.6 is 11.3 Å². The van der Waals surface area contributed by atoms with Crippen molar-refractivity contribution in [1.29, 1.82) is 0 Å². The Morgan fingerprint density at radius 3 is 2.46 bits per heavy atom. The topological polar surface area (TPSA) is 143 Å². The molecule has 2 amide bonds. The first-order valence-corrected chi connectivity index (χ1v) is 8.73. The van der Waals surface area contributed by atoms with Gasteiger partial charge in [-0.1, -0.05) is 11.3 Å². The number of nitro groups is 1. The van der Waals surface area contributed by atoms with Crippen molar-refractivity contribution < 1.29 is 14.8 Å². The van der Waals surface area contributed by atoms with E-state index in [4.69, 9.17) is 0 Å². The number of phenolic OH excluding ortho intramolecular Hbond substituents is 1. The number of hydrazone groups is 1. The predicted octanol–water partition coefficient (Wildman–Crippen LogP) is 3.36. The molecule has 2 aromatic carbocycles. The fourth-order valence-electron chi connectivity index (χ4n) is 2.14. The van der Waals surface area contributed by atoms with Gasteiger partial charge in [-0.15, -0.1) is 10.2 Å². The molecule has 142 valence electrons. The Balaban J connectivity index is 1.60. The molecule has 0 spiro atoms. The minimum absolute atomic E-state index is 0.0250. The Hall–Kier alpha value is -3.86. The number of carbonyl (C=O) groups excluding carboxylic acids is 1. The number of rotatable bonds is 5. The van der Waals surface area contributed by atoms with Gasteiger partial charge in [-0.3, -0.25) is 15.4 Å². The molecular weight excluding hydrogens is 384 g/mol. The molecule has 3 N–H and O–H groups in total. The van der Waals surface area contributed by atoms with Crippen LogP contribution in [0.15, 0.2) is 53.6 Å². The van der Waals surface area contributed by atoms with Crippen LogP contribution in [0, 0.1) is 10.1 Å². The van der Waals surface area contributed by atoms with E-state index in [1.165, 1.54) is 35.6 Å². The Morgan fingerprint density at radius 2 is 1.82 bits per heavy atom. The van der Waals surface area contributed by atoms with Gasteiger partial charge in [0.05, 0.1) is 10.6 Å². The van der Waals surface area contributed by atoms with Crippen LogP contribution in [0.3, 0.4) is 0 Å². The molecule has 3 rings (SSSR count). The van der Waals surface area contributed by atoms with Crippen LogP contribution in [0.25, 0.3) is 10.6 Å². The molecule has 11 heteroatoms. The molecule has 0 saturated heterocycles. The van der Waals surface area contributed by atoms with E-state index in [-0.39, 0.29) is 16.6 Å². The maximum atomic E-state index is 12.0. The van der Waals surface area contributed by atoms with Crippen LogP contribution in [0.5, 0.6) is 5.75 Å². The van der Waals surface area contributed by atoms with Gasteiger partial charge in [0.1, 0.15) is 10.8 Å². The first-order valence-electron chi connectivity index (χ1n) is 7.91. The van der Waals surface area contributed by atoms with Gasteiger partial charge in [0, 0.05) is 17.7 Å². The summed E-state index contributed by atoms with van der Waals surface area (Å²) >= 11 is 1.17. The zero-order valence-electron chi connectivity index (χ0n) is 14.5. The van der Waals surface area contributed by atoms with E-state index >= 15 is 0 Å². The normalized spacial score (nSPS) is 11.1. The monoisotopic (exact) mass is 398 g/mol. The number of nitrogens with zero attached hydrogens (tertiary/aromatic N) is 4. The second-order valence-corrected chi connectivity index (χ2v) is 6.50. The summed E-state index contributed by atoms with van der Waals surface area (Å²) < 4.78 is 0. The maximum absolute atomic E-state index is 12.0. The second kappa shape index (κ2) is 8.22. The van der Waals surface area contributed by atoms with Crippen LogP contribution < -0.4 is 10.7 Å². The third kappa shape index (κ3) is 4.65. The van der Waals surface area contributed by atoms with Crippen molar-refractivity contribution in [2.24, 2.45) is 5.10 Å². The number of non-ortho nitro benzene ring substituents is 1. The van der Waals surface area contributed by atoms with Crippen LogP contribution in [-0.4, -0.2) is 32.0 Å². The molecule has 10 nitrogen and oxygen atoms in total. The van der Waals surface area contributed by atoms with Gasteiger partial charge in [0.2, 0.25) is 5.13 Å². The number of hydrogen-bond donors (Lipinski definition) is 3. The highest BCUT2D eigenvalue weighted by Crippen LogP contribution is 2.27. The minimum atomic E-state index is -0.602. The molecule has 0 radical (unpaired) electrons. The fourth-order valence-corrected chi connectivity index (χ4v) is 2.89. The number of phenols is 1. The average Bonchev–Trinajstić information content (AvgIpc) is 3.15. The smallest absolute Gasteiger partial charge is 0.341 e. The number of urea groups is 1. The number of aromatic hydroxyl groups is 1. The summed E-state index contributed by atoms with van der Waals surface area (Å²) in [4.78, 5) is 22.1. The van der Waals surface area contributed by atoms with Crippen molar-refractivity contribution in [2.45, 2.75) is 6.92 Å². The average molecular weight is 398 g/mol. The molecule has 3 aromatic rings. The van der Waals surface area contributed by atoms with Gasteiger partial charge in [0.25, 0.3) is 5.69 Å². The lowest BCUT2D eigenvalue weighted by atomic mass is 10.1. The summed E-state index contributed by atoms with van der Waals surface area (Å²) in [5.74, 6) is 0.146. The van der Waals surface area contributed by atoms with E-state index in [0.717, 1.165) is 5.56 Å². The van der Waals surface area contributed by atoms with E-state index in [1.54, 1.807) is 31.2 Å². The molecule has 0 bridgehead atoms. The third-order valence-electron chi connectivity index (χ3n) is 3.58. The zero-order chi connectivity index (χ0) is 20.1. The fraction of sp³-hybridized carbons (Fsp3) is 0.0588. The highest BCUT2D eigenvalue weighted by molar-refractivity contribution is 7.18. The molecule has 0 atom stereocenters. The van der Waals surface area contributed by atoms with E-state index < -0.39 is 11.0 Å².